The van der Waals surface area contributed by atoms with E-state index in [1.807, 2.05) is 25.3 Å². The van der Waals surface area contributed by atoms with Gasteiger partial charge in [-0.2, -0.15) is 0 Å². The molecule has 0 atom stereocenters. The van der Waals surface area contributed by atoms with Gasteiger partial charge in [0.15, 0.2) is 5.78 Å². The molecule has 0 saturated carbocycles. The number of hydrogen-bond acceptors (Lipinski definition) is 4. The topological polar surface area (TPSA) is 75.3 Å². The van der Waals surface area contributed by atoms with E-state index in [1.165, 1.54) is 11.3 Å². The number of anilines is 2. The summed E-state index contributed by atoms with van der Waals surface area (Å²) in [5.41, 5.74) is 1.37. The van der Waals surface area contributed by atoms with E-state index in [9.17, 15) is 14.4 Å². The van der Waals surface area contributed by atoms with Gasteiger partial charge in [0.2, 0.25) is 11.8 Å². The highest BCUT2D eigenvalue weighted by Gasteiger charge is 2.09. The van der Waals surface area contributed by atoms with Crippen molar-refractivity contribution in [3.8, 4) is 0 Å². The first kappa shape index (κ1) is 19.8. The van der Waals surface area contributed by atoms with Crippen LogP contribution in [0.4, 0.5) is 11.4 Å². The summed E-state index contributed by atoms with van der Waals surface area (Å²) in [5.74, 6) is 0.238. The molecule has 2 rings (SSSR count). The summed E-state index contributed by atoms with van der Waals surface area (Å²) in [6, 6.07) is 10.7. The highest BCUT2D eigenvalue weighted by molar-refractivity contribution is 7.12. The van der Waals surface area contributed by atoms with Crippen molar-refractivity contribution in [2.45, 2.75) is 39.5 Å². The minimum absolute atomic E-state index is 0.0211. The number of ketones is 1. The molecule has 1 aromatic heterocycles. The molecular weight excluding hydrogens is 348 g/mol. The molecule has 0 fully saturated rings. The van der Waals surface area contributed by atoms with E-state index in [4.69, 9.17) is 0 Å². The Morgan fingerprint density at radius 2 is 1.54 bits per heavy atom. The number of amides is 2. The Kier molecular flexibility index (Phi) is 7.53. The number of thiophene rings is 1. The predicted octanol–water partition coefficient (Wildman–Crippen LogP) is 4.72. The largest absolute Gasteiger partial charge is 0.326 e. The quantitative estimate of drug-likeness (QED) is 0.625. The molecule has 0 aliphatic carbocycles. The van der Waals surface area contributed by atoms with E-state index >= 15 is 0 Å². The molecule has 0 bridgehead atoms. The fourth-order valence-electron chi connectivity index (χ4n) is 2.41. The molecule has 2 aromatic rings. The third kappa shape index (κ3) is 6.80. The number of nitrogens with one attached hydrogen (secondary N) is 2. The third-order valence-corrected chi connectivity index (χ3v) is 4.56. The van der Waals surface area contributed by atoms with Gasteiger partial charge in [-0.15, -0.1) is 11.3 Å². The number of hydrogen-bond donors (Lipinski definition) is 2. The van der Waals surface area contributed by atoms with Crippen LogP contribution in [-0.4, -0.2) is 17.6 Å². The summed E-state index contributed by atoms with van der Waals surface area (Å²) in [6.07, 6.45) is 1.66. The summed E-state index contributed by atoms with van der Waals surface area (Å²) in [4.78, 5) is 36.3. The average Bonchev–Trinajstić information content (AvgIpc) is 3.10. The van der Waals surface area contributed by atoms with E-state index in [2.05, 4.69) is 10.6 Å². The lowest BCUT2D eigenvalue weighted by molar-refractivity contribution is -0.117. The Morgan fingerprint density at radius 1 is 0.923 bits per heavy atom. The van der Waals surface area contributed by atoms with Gasteiger partial charge >= 0.3 is 0 Å². The molecule has 26 heavy (non-hydrogen) atoms. The molecular formula is C20H24N2O3S. The fraction of sp³-hybridized carbons (Fsp3) is 0.350. The zero-order chi connectivity index (χ0) is 18.9. The lowest BCUT2D eigenvalue weighted by Gasteiger charge is -2.09. The van der Waals surface area contributed by atoms with Crippen LogP contribution in [0.3, 0.4) is 0 Å². The van der Waals surface area contributed by atoms with Crippen LogP contribution >= 0.6 is 11.3 Å². The number of benzene rings is 1. The minimum atomic E-state index is -0.124. The van der Waals surface area contributed by atoms with E-state index in [0.29, 0.717) is 43.0 Å². The predicted molar refractivity (Wildman–Crippen MR) is 106 cm³/mol. The number of carbonyl (C=O) groups is 3. The summed E-state index contributed by atoms with van der Waals surface area (Å²) in [5, 5.41) is 7.50. The van der Waals surface area contributed by atoms with Crippen molar-refractivity contribution in [3.63, 3.8) is 0 Å². The maximum absolute atomic E-state index is 12.0. The van der Waals surface area contributed by atoms with Crippen molar-refractivity contribution in [2.24, 2.45) is 5.92 Å². The van der Waals surface area contributed by atoms with E-state index in [1.54, 1.807) is 30.3 Å². The normalized spacial score (nSPS) is 10.6. The molecule has 2 amide bonds. The zero-order valence-corrected chi connectivity index (χ0v) is 15.9. The van der Waals surface area contributed by atoms with Gasteiger partial charge in [-0.05, 0) is 48.1 Å². The second kappa shape index (κ2) is 9.87. The maximum atomic E-state index is 12.0. The van der Waals surface area contributed by atoms with Crippen LogP contribution in [0.2, 0.25) is 0 Å². The molecule has 0 aliphatic rings. The van der Waals surface area contributed by atoms with Crippen LogP contribution in [0.15, 0.2) is 41.8 Å². The Labute approximate surface area is 157 Å². The monoisotopic (exact) mass is 372 g/mol. The third-order valence-electron chi connectivity index (χ3n) is 3.65. The molecule has 0 radical (unpaired) electrons. The minimum Gasteiger partial charge on any atom is -0.326 e. The van der Waals surface area contributed by atoms with Gasteiger partial charge in [0.25, 0.3) is 0 Å². The van der Waals surface area contributed by atoms with Crippen LogP contribution in [-0.2, 0) is 9.59 Å². The summed E-state index contributed by atoms with van der Waals surface area (Å²) in [7, 11) is 0. The maximum Gasteiger partial charge on any atom is 0.224 e. The average molecular weight is 372 g/mol. The highest BCUT2D eigenvalue weighted by Crippen LogP contribution is 2.16. The number of rotatable bonds is 9. The first-order valence-corrected chi connectivity index (χ1v) is 9.58. The molecule has 1 heterocycles. The van der Waals surface area contributed by atoms with Crippen LogP contribution in [0, 0.1) is 5.92 Å². The highest BCUT2D eigenvalue weighted by atomic mass is 32.1. The van der Waals surface area contributed by atoms with Gasteiger partial charge < -0.3 is 10.6 Å². The van der Waals surface area contributed by atoms with Crippen molar-refractivity contribution in [3.05, 3.63) is 46.7 Å². The Hall–Kier alpha value is -2.47. The molecule has 0 saturated heterocycles. The van der Waals surface area contributed by atoms with E-state index < -0.39 is 0 Å². The first-order valence-electron chi connectivity index (χ1n) is 8.70. The lowest BCUT2D eigenvalue weighted by Crippen LogP contribution is -2.14. The van der Waals surface area contributed by atoms with Crippen molar-refractivity contribution in [2.75, 3.05) is 10.6 Å². The second-order valence-corrected chi connectivity index (χ2v) is 7.47. The molecule has 0 aliphatic heterocycles. The van der Waals surface area contributed by atoms with Gasteiger partial charge in [-0.25, -0.2) is 0 Å². The molecule has 0 spiro atoms. The summed E-state index contributed by atoms with van der Waals surface area (Å²) >= 11 is 1.42. The molecule has 138 valence electrons. The van der Waals surface area contributed by atoms with Gasteiger partial charge in [0.1, 0.15) is 0 Å². The summed E-state index contributed by atoms with van der Waals surface area (Å²) < 4.78 is 0. The van der Waals surface area contributed by atoms with Crippen molar-refractivity contribution in [1.29, 1.82) is 0 Å². The smallest absolute Gasteiger partial charge is 0.224 e. The van der Waals surface area contributed by atoms with Crippen molar-refractivity contribution >= 4 is 40.3 Å². The van der Waals surface area contributed by atoms with E-state index in [-0.39, 0.29) is 17.6 Å². The first-order chi connectivity index (χ1) is 12.4. The SMILES string of the molecule is CC(C)CC(=O)Nc1ccc(NC(=O)CCCC(=O)c2cccs2)cc1. The van der Waals surface area contributed by atoms with Crippen molar-refractivity contribution in [1.82, 2.24) is 0 Å². The van der Waals surface area contributed by atoms with Crippen LogP contribution in [0.25, 0.3) is 0 Å². The molecule has 1 aromatic carbocycles. The number of carbonyl (C=O) groups excluding carboxylic acids is 3. The molecule has 2 N–H and O–H groups in total. The van der Waals surface area contributed by atoms with Gasteiger partial charge in [-0.1, -0.05) is 19.9 Å². The number of Topliss-reactive ketones (excluding diaryl/α,β-unsaturated/α-hetero) is 1. The second-order valence-electron chi connectivity index (χ2n) is 6.53. The van der Waals surface area contributed by atoms with E-state index in [0.717, 1.165) is 4.88 Å². The molecule has 5 nitrogen and oxygen atoms in total. The van der Waals surface area contributed by atoms with Crippen LogP contribution in [0.1, 0.15) is 49.2 Å². The van der Waals surface area contributed by atoms with Crippen LogP contribution in [0.5, 0.6) is 0 Å². The fourth-order valence-corrected chi connectivity index (χ4v) is 3.11. The summed E-state index contributed by atoms with van der Waals surface area (Å²) in [6.45, 7) is 3.98. The van der Waals surface area contributed by atoms with Gasteiger partial charge in [0.05, 0.1) is 4.88 Å². The Morgan fingerprint density at radius 3 is 2.08 bits per heavy atom. The Balaban J connectivity index is 1.73. The van der Waals surface area contributed by atoms with Gasteiger partial charge in [-0.3, -0.25) is 14.4 Å². The Bertz CT molecular complexity index is 737. The molecule has 6 heteroatoms. The lowest BCUT2D eigenvalue weighted by atomic mass is 10.1. The zero-order valence-electron chi connectivity index (χ0n) is 15.1. The van der Waals surface area contributed by atoms with Crippen molar-refractivity contribution < 1.29 is 14.4 Å². The van der Waals surface area contributed by atoms with Crippen LogP contribution < -0.4 is 10.6 Å². The standard InChI is InChI=1S/C20H24N2O3S/c1-14(2)13-20(25)22-16-10-8-15(9-11-16)21-19(24)7-3-5-17(23)18-6-4-12-26-18/h4,6,8-12,14H,3,5,7,13H2,1-2H3,(H,21,24)(H,22,25). The molecule has 0 unspecified atom stereocenters. The van der Waals surface area contributed by atoms with Gasteiger partial charge in [0, 0.05) is 30.6 Å².